The van der Waals surface area contributed by atoms with Crippen LogP contribution in [-0.2, 0) is 9.53 Å². The number of methoxy groups -OCH3 is 1. The normalized spacial score (nSPS) is 19.7. The number of rotatable bonds is 3. The molecule has 1 aliphatic heterocycles. The highest BCUT2D eigenvalue weighted by Gasteiger charge is 2.42. The van der Waals surface area contributed by atoms with Gasteiger partial charge in [0.1, 0.15) is 11.5 Å². The molecule has 0 saturated heterocycles. The highest BCUT2D eigenvalue weighted by atomic mass is 16.5. The number of benzene rings is 2. The van der Waals surface area contributed by atoms with Crippen molar-refractivity contribution in [2.75, 3.05) is 7.11 Å². The Balaban J connectivity index is 2.04. The van der Waals surface area contributed by atoms with Crippen LogP contribution < -0.4 is 4.74 Å². The van der Waals surface area contributed by atoms with Crippen LogP contribution in [0.4, 0.5) is 0 Å². The van der Waals surface area contributed by atoms with Crippen LogP contribution in [0.25, 0.3) is 5.76 Å². The van der Waals surface area contributed by atoms with E-state index in [2.05, 4.69) is 0 Å². The molecule has 1 heterocycles. The van der Waals surface area contributed by atoms with Crippen molar-refractivity contribution in [3.8, 4) is 5.75 Å². The molecule has 0 radical (unpaired) electrons. The Morgan fingerprint density at radius 3 is 2.26 bits per heavy atom. The second-order valence-corrected chi connectivity index (χ2v) is 6.26. The molecule has 1 atom stereocenters. The zero-order valence-electron chi connectivity index (χ0n) is 13.6. The van der Waals surface area contributed by atoms with Crippen LogP contribution in [0.1, 0.15) is 30.9 Å². The van der Waals surface area contributed by atoms with E-state index < -0.39 is 5.41 Å². The van der Waals surface area contributed by atoms with E-state index in [4.69, 9.17) is 9.47 Å². The fourth-order valence-electron chi connectivity index (χ4n) is 2.83. The van der Waals surface area contributed by atoms with E-state index in [9.17, 15) is 4.79 Å². The lowest BCUT2D eigenvalue weighted by Crippen LogP contribution is -2.35. The van der Waals surface area contributed by atoms with Crippen LogP contribution in [0.15, 0.2) is 60.7 Å². The van der Waals surface area contributed by atoms with Crippen molar-refractivity contribution in [1.82, 2.24) is 0 Å². The summed E-state index contributed by atoms with van der Waals surface area (Å²) in [6.45, 7) is 3.84. The van der Waals surface area contributed by atoms with Crippen molar-refractivity contribution in [3.63, 3.8) is 0 Å². The number of ether oxygens (including phenoxy) is 2. The van der Waals surface area contributed by atoms with E-state index >= 15 is 0 Å². The predicted octanol–water partition coefficient (Wildman–Crippen LogP) is 4.40. The molecule has 0 saturated carbocycles. The fourth-order valence-corrected chi connectivity index (χ4v) is 2.83. The average Bonchev–Trinajstić information content (AvgIpc) is 2.58. The molecule has 0 amide bonds. The molecule has 0 N–H and O–H groups in total. The Morgan fingerprint density at radius 2 is 1.65 bits per heavy atom. The van der Waals surface area contributed by atoms with Crippen molar-refractivity contribution >= 4 is 11.7 Å². The third-order valence-electron chi connectivity index (χ3n) is 4.36. The number of carbonyl (C=O) groups is 1. The van der Waals surface area contributed by atoms with Gasteiger partial charge in [-0.05, 0) is 37.6 Å². The molecule has 3 rings (SSSR count). The Labute approximate surface area is 136 Å². The van der Waals surface area contributed by atoms with Crippen LogP contribution in [-0.4, -0.2) is 13.1 Å². The van der Waals surface area contributed by atoms with Crippen molar-refractivity contribution in [2.45, 2.75) is 19.8 Å². The molecule has 0 bridgehead atoms. The van der Waals surface area contributed by atoms with Crippen LogP contribution >= 0.6 is 0 Å². The minimum atomic E-state index is -0.618. The molecule has 0 spiro atoms. The average molecular weight is 308 g/mol. The molecular formula is C20H20O3. The third-order valence-corrected chi connectivity index (χ3v) is 4.36. The molecule has 3 nitrogen and oxygen atoms in total. The Morgan fingerprint density at radius 1 is 1.00 bits per heavy atom. The summed E-state index contributed by atoms with van der Waals surface area (Å²) in [6.07, 6.45) is 2.04. The molecule has 118 valence electrons. The van der Waals surface area contributed by atoms with Crippen molar-refractivity contribution in [1.29, 1.82) is 0 Å². The van der Waals surface area contributed by atoms with E-state index in [0.29, 0.717) is 5.76 Å². The second kappa shape index (κ2) is 5.92. The van der Waals surface area contributed by atoms with Gasteiger partial charge in [-0.3, -0.25) is 4.79 Å². The van der Waals surface area contributed by atoms with Gasteiger partial charge in [0.15, 0.2) is 0 Å². The number of hydrogen-bond acceptors (Lipinski definition) is 3. The Bertz CT molecular complexity index is 727. The highest BCUT2D eigenvalue weighted by molar-refractivity contribution is 5.87. The number of carbonyl (C=O) groups excluding carboxylic acids is 1. The van der Waals surface area contributed by atoms with Crippen LogP contribution in [0.5, 0.6) is 5.75 Å². The molecule has 3 heteroatoms. The van der Waals surface area contributed by atoms with Crippen molar-refractivity contribution in [2.24, 2.45) is 5.41 Å². The van der Waals surface area contributed by atoms with Gasteiger partial charge in [-0.1, -0.05) is 42.5 Å². The second-order valence-electron chi connectivity index (χ2n) is 6.26. The topological polar surface area (TPSA) is 35.5 Å². The quantitative estimate of drug-likeness (QED) is 0.788. The molecule has 0 aliphatic carbocycles. The standard InChI is InChI=1S/C20H20O3/c1-20(2)17(14-9-11-16(22-3)12-10-14)13-18(23-19(20)21)15-7-5-4-6-8-15/h4-13,17H,1-3H3/t17-/m1/s1. The summed E-state index contributed by atoms with van der Waals surface area (Å²) in [6, 6.07) is 17.6. The monoisotopic (exact) mass is 308 g/mol. The summed E-state index contributed by atoms with van der Waals surface area (Å²) in [5.74, 6) is 1.16. The first-order chi connectivity index (χ1) is 11.0. The number of allylic oxidation sites excluding steroid dienone is 1. The lowest BCUT2D eigenvalue weighted by molar-refractivity contribution is -0.148. The number of cyclic esters (lactones) is 1. The van der Waals surface area contributed by atoms with Gasteiger partial charge in [-0.2, -0.15) is 0 Å². The number of hydrogen-bond donors (Lipinski definition) is 0. The highest BCUT2D eigenvalue weighted by Crippen LogP contribution is 2.44. The maximum atomic E-state index is 12.5. The lowest BCUT2D eigenvalue weighted by Gasteiger charge is -2.35. The summed E-state index contributed by atoms with van der Waals surface area (Å²) in [5, 5.41) is 0. The maximum Gasteiger partial charge on any atom is 0.317 e. The number of esters is 1. The summed E-state index contributed by atoms with van der Waals surface area (Å²) in [4.78, 5) is 12.5. The molecule has 23 heavy (non-hydrogen) atoms. The summed E-state index contributed by atoms with van der Waals surface area (Å²) in [5.41, 5.74) is 1.36. The lowest BCUT2D eigenvalue weighted by atomic mass is 9.73. The first-order valence-electron chi connectivity index (χ1n) is 7.66. The minimum absolute atomic E-state index is 0.0511. The van der Waals surface area contributed by atoms with E-state index in [1.54, 1.807) is 7.11 Å². The molecule has 0 fully saturated rings. The summed E-state index contributed by atoms with van der Waals surface area (Å²) >= 11 is 0. The van der Waals surface area contributed by atoms with Gasteiger partial charge in [0.05, 0.1) is 12.5 Å². The zero-order valence-corrected chi connectivity index (χ0v) is 13.6. The molecule has 1 aliphatic rings. The summed E-state index contributed by atoms with van der Waals surface area (Å²) < 4.78 is 10.8. The smallest absolute Gasteiger partial charge is 0.317 e. The van der Waals surface area contributed by atoms with Crippen LogP contribution in [0.3, 0.4) is 0 Å². The molecule has 2 aromatic carbocycles. The maximum absolute atomic E-state index is 12.5. The van der Waals surface area contributed by atoms with Gasteiger partial charge in [0, 0.05) is 11.5 Å². The van der Waals surface area contributed by atoms with Gasteiger partial charge in [-0.25, -0.2) is 0 Å². The van der Waals surface area contributed by atoms with Crippen molar-refractivity contribution in [3.05, 3.63) is 71.8 Å². The van der Waals surface area contributed by atoms with Gasteiger partial charge < -0.3 is 9.47 Å². The zero-order chi connectivity index (χ0) is 16.4. The molecule has 0 unspecified atom stereocenters. The van der Waals surface area contributed by atoms with E-state index in [1.165, 1.54) is 0 Å². The van der Waals surface area contributed by atoms with Gasteiger partial charge in [-0.15, -0.1) is 0 Å². The third kappa shape index (κ3) is 2.87. The van der Waals surface area contributed by atoms with E-state index in [-0.39, 0.29) is 11.9 Å². The van der Waals surface area contributed by atoms with E-state index in [0.717, 1.165) is 16.9 Å². The van der Waals surface area contributed by atoms with Gasteiger partial charge in [0.25, 0.3) is 0 Å². The largest absolute Gasteiger partial charge is 0.497 e. The molecular weight excluding hydrogens is 288 g/mol. The van der Waals surface area contributed by atoms with Gasteiger partial charge in [0.2, 0.25) is 0 Å². The Hall–Kier alpha value is -2.55. The van der Waals surface area contributed by atoms with Crippen LogP contribution in [0.2, 0.25) is 0 Å². The van der Waals surface area contributed by atoms with Crippen LogP contribution in [0, 0.1) is 5.41 Å². The first-order valence-corrected chi connectivity index (χ1v) is 7.66. The van der Waals surface area contributed by atoms with E-state index in [1.807, 2.05) is 74.5 Å². The summed E-state index contributed by atoms with van der Waals surface area (Å²) in [7, 11) is 1.64. The first kappa shape index (κ1) is 15.3. The Kier molecular flexibility index (Phi) is 3.95. The molecule has 2 aromatic rings. The van der Waals surface area contributed by atoms with Gasteiger partial charge >= 0.3 is 5.97 Å². The molecule has 0 aromatic heterocycles. The SMILES string of the molecule is COc1ccc([C@H]2C=C(c3ccccc3)OC(=O)C2(C)C)cc1. The predicted molar refractivity (Wildman–Crippen MR) is 90.0 cm³/mol. The minimum Gasteiger partial charge on any atom is -0.497 e. The van der Waals surface area contributed by atoms with Crippen molar-refractivity contribution < 1.29 is 14.3 Å². The fraction of sp³-hybridized carbons (Fsp3) is 0.250.